The molecule has 4 bridgehead atoms. The number of anilines is 1. The summed E-state index contributed by atoms with van der Waals surface area (Å²) in [6.07, 6.45) is 9.43. The minimum absolute atomic E-state index is 0.00816. The first kappa shape index (κ1) is 16.3. The number of hydrogen-bond donors (Lipinski definition) is 1. The second-order valence-corrected chi connectivity index (χ2v) is 9.30. The van der Waals surface area contributed by atoms with Crippen molar-refractivity contribution in [1.82, 2.24) is 5.32 Å². The maximum atomic E-state index is 12.6. The van der Waals surface area contributed by atoms with E-state index in [1.165, 1.54) is 44.1 Å². The highest BCUT2D eigenvalue weighted by molar-refractivity contribution is 5.98. The van der Waals surface area contributed by atoms with Crippen molar-refractivity contribution >= 4 is 17.5 Å². The lowest BCUT2D eigenvalue weighted by Crippen LogP contribution is -2.48. The highest BCUT2D eigenvalue weighted by Gasteiger charge is 2.51. The molecule has 0 saturated heterocycles. The smallest absolute Gasteiger partial charge is 0.246 e. The van der Waals surface area contributed by atoms with E-state index in [9.17, 15) is 9.59 Å². The lowest BCUT2D eigenvalue weighted by Gasteiger charge is -2.56. The Morgan fingerprint density at radius 2 is 1.69 bits per heavy atom. The standard InChI is InChI=1S/C22H28N2O2/c25-20(13-22-10-15-7-16(11-22)9-17(8-15)12-22)23-14-21(26)24-6-5-18-3-1-2-4-19(18)24/h1-4,15-17H,5-14H2,(H,23,25). The second kappa shape index (κ2) is 6.11. The zero-order valence-corrected chi connectivity index (χ0v) is 15.4. The highest BCUT2D eigenvalue weighted by Crippen LogP contribution is 2.61. The average molecular weight is 352 g/mol. The Morgan fingerprint density at radius 1 is 1.04 bits per heavy atom. The second-order valence-electron chi connectivity index (χ2n) is 9.30. The van der Waals surface area contributed by atoms with Crippen molar-refractivity contribution in [2.45, 2.75) is 51.4 Å². The van der Waals surface area contributed by atoms with E-state index in [-0.39, 0.29) is 23.8 Å². The normalized spacial score (nSPS) is 34.0. The number of carbonyl (C=O) groups excluding carboxylic acids is 2. The van der Waals surface area contributed by atoms with Gasteiger partial charge in [-0.2, -0.15) is 0 Å². The number of fused-ring (bicyclic) bond motifs is 1. The van der Waals surface area contributed by atoms with Gasteiger partial charge in [-0.15, -0.1) is 0 Å². The highest BCUT2D eigenvalue weighted by atomic mass is 16.2. The molecule has 4 fully saturated rings. The Kier molecular flexibility index (Phi) is 3.84. The Bertz CT molecular complexity index is 706. The summed E-state index contributed by atoms with van der Waals surface area (Å²) in [4.78, 5) is 27.0. The minimum Gasteiger partial charge on any atom is -0.347 e. The molecule has 0 radical (unpaired) electrons. The Labute approximate surface area is 155 Å². The predicted molar refractivity (Wildman–Crippen MR) is 101 cm³/mol. The Balaban J connectivity index is 1.18. The molecule has 4 nitrogen and oxygen atoms in total. The largest absolute Gasteiger partial charge is 0.347 e. The van der Waals surface area contributed by atoms with E-state index in [2.05, 4.69) is 11.4 Å². The van der Waals surface area contributed by atoms with Gasteiger partial charge in [0, 0.05) is 18.7 Å². The predicted octanol–water partition coefficient (Wildman–Crippen LogP) is 3.30. The van der Waals surface area contributed by atoms with Gasteiger partial charge in [0.15, 0.2) is 0 Å². The summed E-state index contributed by atoms with van der Waals surface area (Å²) in [7, 11) is 0. The first-order valence-corrected chi connectivity index (χ1v) is 10.3. The van der Waals surface area contributed by atoms with Crippen molar-refractivity contribution < 1.29 is 9.59 Å². The van der Waals surface area contributed by atoms with Gasteiger partial charge >= 0.3 is 0 Å². The summed E-state index contributed by atoms with van der Waals surface area (Å²) in [6.45, 7) is 0.850. The molecule has 0 atom stereocenters. The summed E-state index contributed by atoms with van der Waals surface area (Å²) in [5.41, 5.74) is 2.47. The molecule has 1 aromatic carbocycles. The van der Waals surface area contributed by atoms with E-state index >= 15 is 0 Å². The van der Waals surface area contributed by atoms with E-state index in [1.54, 1.807) is 0 Å². The van der Waals surface area contributed by atoms with Crippen LogP contribution in [0.15, 0.2) is 24.3 Å². The van der Waals surface area contributed by atoms with E-state index in [0.717, 1.165) is 36.4 Å². The molecule has 4 aliphatic carbocycles. The molecule has 1 aromatic rings. The molecule has 26 heavy (non-hydrogen) atoms. The van der Waals surface area contributed by atoms with Crippen molar-refractivity contribution in [3.05, 3.63) is 29.8 Å². The van der Waals surface area contributed by atoms with Gasteiger partial charge in [-0.3, -0.25) is 9.59 Å². The summed E-state index contributed by atoms with van der Waals surface area (Å²) in [6, 6.07) is 8.06. The van der Waals surface area contributed by atoms with Crippen LogP contribution in [0.1, 0.15) is 50.5 Å². The van der Waals surface area contributed by atoms with Crippen molar-refractivity contribution in [2.24, 2.45) is 23.2 Å². The molecule has 2 amide bonds. The average Bonchev–Trinajstić information content (AvgIpc) is 3.02. The van der Waals surface area contributed by atoms with Gasteiger partial charge in [0.25, 0.3) is 0 Å². The van der Waals surface area contributed by atoms with Crippen LogP contribution in [-0.4, -0.2) is 24.9 Å². The third-order valence-corrected chi connectivity index (χ3v) is 7.33. The number of para-hydroxylation sites is 1. The molecule has 1 N–H and O–H groups in total. The third kappa shape index (κ3) is 2.83. The summed E-state index contributed by atoms with van der Waals surface area (Å²) in [5.74, 6) is 2.66. The molecule has 0 aromatic heterocycles. The van der Waals surface area contributed by atoms with E-state index in [4.69, 9.17) is 0 Å². The Morgan fingerprint density at radius 3 is 2.38 bits per heavy atom. The van der Waals surface area contributed by atoms with Crippen LogP contribution in [0.25, 0.3) is 0 Å². The van der Waals surface area contributed by atoms with Crippen LogP contribution in [-0.2, 0) is 16.0 Å². The van der Waals surface area contributed by atoms with Crippen LogP contribution < -0.4 is 10.2 Å². The number of carbonyl (C=O) groups is 2. The number of nitrogens with zero attached hydrogens (tertiary/aromatic N) is 1. The van der Waals surface area contributed by atoms with Crippen molar-refractivity contribution in [1.29, 1.82) is 0 Å². The zero-order valence-electron chi connectivity index (χ0n) is 15.4. The summed E-state index contributed by atoms with van der Waals surface area (Å²) in [5, 5.41) is 2.93. The molecular weight excluding hydrogens is 324 g/mol. The van der Waals surface area contributed by atoms with Gasteiger partial charge in [0.2, 0.25) is 11.8 Å². The van der Waals surface area contributed by atoms with E-state index < -0.39 is 0 Å². The summed E-state index contributed by atoms with van der Waals surface area (Å²) >= 11 is 0. The maximum absolute atomic E-state index is 12.6. The van der Waals surface area contributed by atoms with Crippen molar-refractivity contribution in [3.63, 3.8) is 0 Å². The van der Waals surface area contributed by atoms with Crippen LogP contribution in [0, 0.1) is 23.2 Å². The van der Waals surface area contributed by atoms with Gasteiger partial charge in [-0.25, -0.2) is 0 Å². The molecular formula is C22H28N2O2. The topological polar surface area (TPSA) is 49.4 Å². The molecule has 4 saturated carbocycles. The van der Waals surface area contributed by atoms with E-state index in [1.807, 2.05) is 23.1 Å². The van der Waals surface area contributed by atoms with Gasteiger partial charge < -0.3 is 10.2 Å². The van der Waals surface area contributed by atoms with Crippen molar-refractivity contribution in [3.8, 4) is 0 Å². The fraction of sp³-hybridized carbons (Fsp3) is 0.636. The van der Waals surface area contributed by atoms with Gasteiger partial charge in [0.05, 0.1) is 6.54 Å². The number of rotatable bonds is 4. The molecule has 0 spiro atoms. The number of benzene rings is 1. The quantitative estimate of drug-likeness (QED) is 0.904. The molecule has 138 valence electrons. The fourth-order valence-corrected chi connectivity index (χ4v) is 6.78. The SMILES string of the molecule is O=C(CC12CC3CC(CC(C3)C1)C2)NCC(=O)N1CCc2ccccc21. The minimum atomic E-state index is 0.00816. The van der Waals surface area contributed by atoms with Crippen LogP contribution in [0.2, 0.25) is 0 Å². The molecule has 1 heterocycles. The first-order chi connectivity index (χ1) is 12.6. The van der Waals surface area contributed by atoms with Gasteiger partial charge in [0.1, 0.15) is 0 Å². The van der Waals surface area contributed by atoms with Gasteiger partial charge in [-0.1, -0.05) is 18.2 Å². The molecule has 1 aliphatic heterocycles. The number of hydrogen-bond acceptors (Lipinski definition) is 2. The molecule has 4 heteroatoms. The van der Waals surface area contributed by atoms with Crippen LogP contribution >= 0.6 is 0 Å². The molecule has 0 unspecified atom stereocenters. The number of nitrogens with one attached hydrogen (secondary N) is 1. The summed E-state index contributed by atoms with van der Waals surface area (Å²) < 4.78 is 0. The Hall–Kier alpha value is -1.84. The maximum Gasteiger partial charge on any atom is 0.246 e. The third-order valence-electron chi connectivity index (χ3n) is 7.33. The van der Waals surface area contributed by atoms with Crippen LogP contribution in [0.4, 0.5) is 5.69 Å². The van der Waals surface area contributed by atoms with Crippen molar-refractivity contribution in [2.75, 3.05) is 18.0 Å². The van der Waals surface area contributed by atoms with Crippen LogP contribution in [0.5, 0.6) is 0 Å². The monoisotopic (exact) mass is 352 g/mol. The fourth-order valence-electron chi connectivity index (χ4n) is 6.78. The van der Waals surface area contributed by atoms with Crippen LogP contribution in [0.3, 0.4) is 0 Å². The lowest BCUT2D eigenvalue weighted by atomic mass is 9.49. The number of amides is 2. The van der Waals surface area contributed by atoms with Gasteiger partial charge in [-0.05, 0) is 79.7 Å². The molecule has 5 aliphatic rings. The van der Waals surface area contributed by atoms with E-state index in [0.29, 0.717) is 6.42 Å². The molecule has 6 rings (SSSR count). The lowest BCUT2D eigenvalue weighted by molar-refractivity contribution is -0.131. The zero-order chi connectivity index (χ0) is 17.7. The first-order valence-electron chi connectivity index (χ1n) is 10.3.